The number of hydrogen-bond acceptors (Lipinski definition) is 2. The van der Waals surface area contributed by atoms with E-state index in [0.29, 0.717) is 12.6 Å². The molecule has 1 amide bonds. The highest BCUT2D eigenvalue weighted by atomic mass is 16.2. The van der Waals surface area contributed by atoms with Crippen molar-refractivity contribution >= 4 is 11.6 Å². The van der Waals surface area contributed by atoms with Crippen LogP contribution in [0.3, 0.4) is 0 Å². The first kappa shape index (κ1) is 12.0. The lowest BCUT2D eigenvalue weighted by molar-refractivity contribution is 0.0710. The van der Waals surface area contributed by atoms with Crippen molar-refractivity contribution in [1.29, 1.82) is 0 Å². The maximum absolute atomic E-state index is 12.2. The third-order valence-electron chi connectivity index (χ3n) is 3.26. The first-order valence-corrected chi connectivity index (χ1v) is 6.19. The zero-order valence-corrected chi connectivity index (χ0v) is 10.9. The monoisotopic (exact) mass is 232 g/mol. The number of nitrogens with one attached hydrogen (secondary N) is 1. The molecule has 0 saturated heterocycles. The third kappa shape index (κ3) is 2.14. The van der Waals surface area contributed by atoms with Crippen LogP contribution in [0.5, 0.6) is 0 Å². The Morgan fingerprint density at radius 1 is 1.24 bits per heavy atom. The SMILES string of the molecule is CC(C)c1ccc2c(c1)NCN(C(C)C)C2=O. The van der Waals surface area contributed by atoms with Crippen molar-refractivity contribution in [3.05, 3.63) is 29.3 Å². The second-order valence-electron chi connectivity index (χ2n) is 5.16. The van der Waals surface area contributed by atoms with Crippen molar-refractivity contribution in [1.82, 2.24) is 4.90 Å². The summed E-state index contributed by atoms with van der Waals surface area (Å²) in [6, 6.07) is 6.31. The Kier molecular flexibility index (Phi) is 3.09. The van der Waals surface area contributed by atoms with Crippen LogP contribution in [0.25, 0.3) is 0 Å². The molecule has 0 bridgehead atoms. The normalized spacial score (nSPS) is 15.2. The molecule has 2 rings (SSSR count). The number of carbonyl (C=O) groups excluding carboxylic acids is 1. The molecule has 1 heterocycles. The number of benzene rings is 1. The van der Waals surface area contributed by atoms with Crippen LogP contribution in [0, 0.1) is 0 Å². The molecule has 0 saturated carbocycles. The smallest absolute Gasteiger partial charge is 0.257 e. The summed E-state index contributed by atoms with van der Waals surface area (Å²) < 4.78 is 0. The van der Waals surface area contributed by atoms with Crippen molar-refractivity contribution in [2.45, 2.75) is 39.7 Å². The molecule has 17 heavy (non-hydrogen) atoms. The molecule has 0 atom stereocenters. The highest BCUT2D eigenvalue weighted by molar-refractivity contribution is 6.01. The molecule has 0 unspecified atom stereocenters. The summed E-state index contributed by atoms with van der Waals surface area (Å²) in [6.07, 6.45) is 0. The van der Waals surface area contributed by atoms with Gasteiger partial charge in [-0.1, -0.05) is 19.9 Å². The van der Waals surface area contributed by atoms with Crippen LogP contribution in [0.4, 0.5) is 5.69 Å². The van der Waals surface area contributed by atoms with Crippen molar-refractivity contribution in [2.24, 2.45) is 0 Å². The van der Waals surface area contributed by atoms with Gasteiger partial charge >= 0.3 is 0 Å². The summed E-state index contributed by atoms with van der Waals surface area (Å²) in [6.45, 7) is 8.99. The summed E-state index contributed by atoms with van der Waals surface area (Å²) in [7, 11) is 0. The molecular weight excluding hydrogens is 212 g/mol. The summed E-state index contributed by atoms with van der Waals surface area (Å²) in [5.41, 5.74) is 3.02. The van der Waals surface area contributed by atoms with Crippen LogP contribution in [0.1, 0.15) is 49.5 Å². The van der Waals surface area contributed by atoms with E-state index in [-0.39, 0.29) is 11.9 Å². The second kappa shape index (κ2) is 4.40. The first-order chi connectivity index (χ1) is 8.00. The number of hydrogen-bond donors (Lipinski definition) is 1. The van der Waals surface area contributed by atoms with E-state index in [0.717, 1.165) is 11.3 Å². The van der Waals surface area contributed by atoms with Crippen molar-refractivity contribution in [3.63, 3.8) is 0 Å². The molecule has 0 aromatic heterocycles. The molecule has 1 aliphatic heterocycles. The maximum atomic E-state index is 12.2. The Morgan fingerprint density at radius 2 is 1.94 bits per heavy atom. The van der Waals surface area contributed by atoms with Gasteiger partial charge in [0.2, 0.25) is 0 Å². The van der Waals surface area contributed by atoms with E-state index >= 15 is 0 Å². The lowest BCUT2D eigenvalue weighted by atomic mass is 9.98. The van der Waals surface area contributed by atoms with Gasteiger partial charge in [-0.3, -0.25) is 4.79 Å². The van der Waals surface area contributed by atoms with Gasteiger partial charge in [0.1, 0.15) is 0 Å². The van der Waals surface area contributed by atoms with E-state index in [1.54, 1.807) is 0 Å². The largest absolute Gasteiger partial charge is 0.367 e. The lowest BCUT2D eigenvalue weighted by Crippen LogP contribution is -2.44. The molecular formula is C14H20N2O. The van der Waals surface area contributed by atoms with Crippen LogP contribution >= 0.6 is 0 Å². The number of amides is 1. The molecule has 1 aromatic rings. The highest BCUT2D eigenvalue weighted by Crippen LogP contribution is 2.27. The molecule has 0 aliphatic carbocycles. The minimum absolute atomic E-state index is 0.129. The first-order valence-electron chi connectivity index (χ1n) is 6.19. The maximum Gasteiger partial charge on any atom is 0.257 e. The van der Waals surface area contributed by atoms with Gasteiger partial charge in [-0.25, -0.2) is 0 Å². The average molecular weight is 232 g/mol. The minimum Gasteiger partial charge on any atom is -0.367 e. The van der Waals surface area contributed by atoms with Crippen LogP contribution in [-0.4, -0.2) is 23.5 Å². The van der Waals surface area contributed by atoms with Crippen molar-refractivity contribution in [3.8, 4) is 0 Å². The topological polar surface area (TPSA) is 32.3 Å². The van der Waals surface area contributed by atoms with Gasteiger partial charge < -0.3 is 10.2 Å². The van der Waals surface area contributed by atoms with Crippen LogP contribution in [0.2, 0.25) is 0 Å². The zero-order chi connectivity index (χ0) is 12.6. The van der Waals surface area contributed by atoms with E-state index in [9.17, 15) is 4.79 Å². The molecule has 0 radical (unpaired) electrons. The predicted octanol–water partition coefficient (Wildman–Crippen LogP) is 3.04. The van der Waals surface area contributed by atoms with Gasteiger partial charge in [0.25, 0.3) is 5.91 Å². The number of carbonyl (C=O) groups is 1. The highest BCUT2D eigenvalue weighted by Gasteiger charge is 2.25. The summed E-state index contributed by atoms with van der Waals surface area (Å²) in [5.74, 6) is 0.615. The molecule has 0 spiro atoms. The molecule has 1 aliphatic rings. The quantitative estimate of drug-likeness (QED) is 0.850. The van der Waals surface area contributed by atoms with Gasteiger partial charge in [0.05, 0.1) is 12.2 Å². The number of fused-ring (bicyclic) bond motifs is 1. The van der Waals surface area contributed by atoms with E-state index < -0.39 is 0 Å². The number of rotatable bonds is 2. The van der Waals surface area contributed by atoms with Crippen molar-refractivity contribution < 1.29 is 4.79 Å². The van der Waals surface area contributed by atoms with Gasteiger partial charge in [-0.2, -0.15) is 0 Å². The van der Waals surface area contributed by atoms with Crippen LogP contribution in [0.15, 0.2) is 18.2 Å². The average Bonchev–Trinajstić information content (AvgIpc) is 2.28. The summed E-state index contributed by atoms with van der Waals surface area (Å²) in [5, 5.41) is 3.32. The predicted molar refractivity (Wildman–Crippen MR) is 70.3 cm³/mol. The Bertz CT molecular complexity index is 438. The molecule has 0 fully saturated rings. The number of nitrogens with zero attached hydrogens (tertiary/aromatic N) is 1. The fourth-order valence-electron chi connectivity index (χ4n) is 2.07. The Morgan fingerprint density at radius 3 is 2.53 bits per heavy atom. The Hall–Kier alpha value is -1.51. The van der Waals surface area contributed by atoms with Crippen LogP contribution < -0.4 is 5.32 Å². The summed E-state index contributed by atoms with van der Waals surface area (Å²) in [4.78, 5) is 14.1. The summed E-state index contributed by atoms with van der Waals surface area (Å²) >= 11 is 0. The third-order valence-corrected chi connectivity index (χ3v) is 3.26. The fraction of sp³-hybridized carbons (Fsp3) is 0.500. The molecule has 3 heteroatoms. The van der Waals surface area contributed by atoms with Crippen LogP contribution in [-0.2, 0) is 0 Å². The van der Waals surface area contributed by atoms with E-state index in [1.165, 1.54) is 5.56 Å². The molecule has 1 aromatic carbocycles. The van der Waals surface area contributed by atoms with E-state index in [2.05, 4.69) is 25.2 Å². The molecule has 1 N–H and O–H groups in total. The van der Waals surface area contributed by atoms with Gasteiger partial charge in [-0.15, -0.1) is 0 Å². The number of anilines is 1. The second-order valence-corrected chi connectivity index (χ2v) is 5.16. The van der Waals surface area contributed by atoms with Gasteiger partial charge in [0.15, 0.2) is 0 Å². The van der Waals surface area contributed by atoms with Gasteiger partial charge in [0, 0.05) is 11.7 Å². The van der Waals surface area contributed by atoms with E-state index in [4.69, 9.17) is 0 Å². The lowest BCUT2D eigenvalue weighted by Gasteiger charge is -2.33. The van der Waals surface area contributed by atoms with Gasteiger partial charge in [-0.05, 0) is 37.5 Å². The molecule has 92 valence electrons. The van der Waals surface area contributed by atoms with E-state index in [1.807, 2.05) is 30.9 Å². The molecule has 3 nitrogen and oxygen atoms in total. The fourth-order valence-corrected chi connectivity index (χ4v) is 2.07. The van der Waals surface area contributed by atoms with Crippen molar-refractivity contribution in [2.75, 3.05) is 12.0 Å². The zero-order valence-electron chi connectivity index (χ0n) is 10.9. The minimum atomic E-state index is 0.129. The Labute approximate surface area is 103 Å². The standard InChI is InChI=1S/C14H20N2O/c1-9(2)11-5-6-12-13(7-11)15-8-16(10(3)4)14(12)17/h5-7,9-10,15H,8H2,1-4H3. The Balaban J connectivity index is 2.36.